The lowest BCUT2D eigenvalue weighted by Gasteiger charge is -2.01. The second-order valence-electron chi connectivity index (χ2n) is 5.71. The smallest absolute Gasteiger partial charge is 0.355 e. The molecular formula is C18H16N4O4. The Morgan fingerprint density at radius 2 is 1.19 bits per heavy atom. The third-order valence-electron chi connectivity index (χ3n) is 4.26. The molecule has 0 saturated heterocycles. The molecule has 0 aromatic carbocycles. The van der Waals surface area contributed by atoms with Crippen LogP contribution in [0, 0.1) is 0 Å². The van der Waals surface area contributed by atoms with Gasteiger partial charge in [0.05, 0.1) is 36.6 Å². The molecular weight excluding hydrogens is 336 g/mol. The van der Waals surface area contributed by atoms with E-state index in [9.17, 15) is 9.59 Å². The third-order valence-corrected chi connectivity index (χ3v) is 4.26. The van der Waals surface area contributed by atoms with E-state index >= 15 is 0 Å². The van der Waals surface area contributed by atoms with Gasteiger partial charge in [-0.2, -0.15) is 0 Å². The summed E-state index contributed by atoms with van der Waals surface area (Å²) in [5, 5.41) is 0. The molecule has 4 rings (SSSR count). The molecule has 4 heterocycles. The number of rotatable bonds is 4. The lowest BCUT2D eigenvalue weighted by Crippen LogP contribution is -2.03. The fraction of sp³-hybridized carbons (Fsp3) is 0.111. The molecule has 4 N–H and O–H groups in total. The Balaban J connectivity index is 1.74. The zero-order chi connectivity index (χ0) is 18.3. The van der Waals surface area contributed by atoms with E-state index in [0.29, 0.717) is 11.4 Å². The number of fused-ring (bicyclic) bond motifs is 1. The van der Waals surface area contributed by atoms with Crippen molar-refractivity contribution in [1.29, 1.82) is 0 Å². The Bertz CT molecular complexity index is 996. The van der Waals surface area contributed by atoms with E-state index < -0.39 is 11.9 Å². The van der Waals surface area contributed by atoms with Gasteiger partial charge in [-0.05, 0) is 24.3 Å². The summed E-state index contributed by atoms with van der Waals surface area (Å²) >= 11 is 0. The van der Waals surface area contributed by atoms with E-state index in [-0.39, 0.29) is 0 Å². The molecule has 0 unspecified atom stereocenters. The minimum Gasteiger partial charge on any atom is -0.464 e. The number of carbonyl (C=O) groups excluding carboxylic acids is 2. The predicted octanol–water partition coefficient (Wildman–Crippen LogP) is 3.06. The van der Waals surface area contributed by atoms with Gasteiger partial charge in [0.15, 0.2) is 0 Å². The summed E-state index contributed by atoms with van der Waals surface area (Å²) < 4.78 is 9.57. The van der Waals surface area contributed by atoms with Gasteiger partial charge in [-0.15, -0.1) is 0 Å². The van der Waals surface area contributed by atoms with Gasteiger partial charge >= 0.3 is 11.9 Å². The molecule has 0 aliphatic carbocycles. The third kappa shape index (κ3) is 2.39. The van der Waals surface area contributed by atoms with Crippen LogP contribution in [0.3, 0.4) is 0 Å². The minimum absolute atomic E-state index is 0.384. The maximum Gasteiger partial charge on any atom is 0.355 e. The molecule has 132 valence electrons. The highest BCUT2D eigenvalue weighted by atomic mass is 16.5. The van der Waals surface area contributed by atoms with Crippen molar-refractivity contribution in [2.24, 2.45) is 0 Å². The Hall–Kier alpha value is -3.68. The van der Waals surface area contributed by atoms with Crippen molar-refractivity contribution in [1.82, 2.24) is 19.9 Å². The number of hydrogen-bond acceptors (Lipinski definition) is 4. The van der Waals surface area contributed by atoms with Crippen LogP contribution in [-0.2, 0) is 9.47 Å². The van der Waals surface area contributed by atoms with Crippen LogP contribution >= 0.6 is 0 Å². The maximum atomic E-state index is 11.8. The second kappa shape index (κ2) is 5.99. The van der Waals surface area contributed by atoms with Gasteiger partial charge in [0.2, 0.25) is 0 Å². The Labute approximate surface area is 147 Å². The Morgan fingerprint density at radius 3 is 1.58 bits per heavy atom. The topological polar surface area (TPSA) is 116 Å². The van der Waals surface area contributed by atoms with Crippen molar-refractivity contribution < 1.29 is 19.1 Å². The second-order valence-corrected chi connectivity index (χ2v) is 5.71. The Kier molecular flexibility index (Phi) is 3.65. The van der Waals surface area contributed by atoms with Crippen LogP contribution in [0.5, 0.6) is 0 Å². The number of aromatic nitrogens is 4. The SMILES string of the molecule is COC(=O)c1[nH]ccc1-c1cc2[nH]c(-c3cc[nH]c3C(=O)OC)cc2[nH]1. The van der Waals surface area contributed by atoms with Gasteiger partial charge < -0.3 is 29.4 Å². The number of H-pyrrole nitrogens is 4. The van der Waals surface area contributed by atoms with E-state index in [0.717, 1.165) is 33.5 Å². The number of methoxy groups -OCH3 is 2. The summed E-state index contributed by atoms with van der Waals surface area (Å²) in [6, 6.07) is 7.41. The predicted molar refractivity (Wildman–Crippen MR) is 94.9 cm³/mol. The number of carbonyl (C=O) groups is 2. The standard InChI is InChI=1S/C18H16N4O4/c1-25-17(23)15-9(3-5-19-15)11-7-13-14(21-11)8-12(22-13)10-4-6-20-16(10)18(24)26-2/h3-8,19-22H,1-2H3. The summed E-state index contributed by atoms with van der Waals surface area (Å²) in [5.74, 6) is -0.863. The van der Waals surface area contributed by atoms with E-state index in [2.05, 4.69) is 19.9 Å². The molecule has 0 spiro atoms. The molecule has 4 aromatic rings. The van der Waals surface area contributed by atoms with Crippen molar-refractivity contribution in [3.8, 4) is 22.5 Å². The zero-order valence-electron chi connectivity index (χ0n) is 14.1. The number of esters is 2. The molecule has 0 aliphatic heterocycles. The molecule has 0 radical (unpaired) electrons. The van der Waals surface area contributed by atoms with Crippen LogP contribution in [-0.4, -0.2) is 46.1 Å². The van der Waals surface area contributed by atoms with Crippen molar-refractivity contribution in [3.63, 3.8) is 0 Å². The zero-order valence-corrected chi connectivity index (χ0v) is 14.1. The summed E-state index contributed by atoms with van der Waals surface area (Å²) in [7, 11) is 2.68. The van der Waals surface area contributed by atoms with E-state index in [1.165, 1.54) is 14.2 Å². The van der Waals surface area contributed by atoms with Crippen LogP contribution in [0.25, 0.3) is 33.5 Å². The fourth-order valence-corrected chi connectivity index (χ4v) is 3.03. The van der Waals surface area contributed by atoms with E-state index in [1.54, 1.807) is 24.5 Å². The number of nitrogens with one attached hydrogen (secondary N) is 4. The molecule has 8 heteroatoms. The van der Waals surface area contributed by atoms with Gasteiger partial charge in [-0.25, -0.2) is 9.59 Å². The summed E-state index contributed by atoms with van der Waals surface area (Å²) in [6.07, 6.45) is 3.37. The molecule has 0 bridgehead atoms. The van der Waals surface area contributed by atoms with Gasteiger partial charge in [0.25, 0.3) is 0 Å². The highest BCUT2D eigenvalue weighted by Crippen LogP contribution is 2.31. The van der Waals surface area contributed by atoms with Crippen LogP contribution in [0.15, 0.2) is 36.7 Å². The van der Waals surface area contributed by atoms with Crippen molar-refractivity contribution >= 4 is 23.0 Å². The number of hydrogen-bond donors (Lipinski definition) is 4. The normalized spacial score (nSPS) is 11.0. The molecule has 0 atom stereocenters. The van der Waals surface area contributed by atoms with E-state index in [1.807, 2.05) is 12.1 Å². The minimum atomic E-state index is -0.431. The highest BCUT2D eigenvalue weighted by molar-refractivity contribution is 5.99. The first-order valence-electron chi connectivity index (χ1n) is 7.86. The van der Waals surface area contributed by atoms with Crippen LogP contribution in [0.4, 0.5) is 0 Å². The van der Waals surface area contributed by atoms with Crippen LogP contribution in [0.2, 0.25) is 0 Å². The van der Waals surface area contributed by atoms with Crippen LogP contribution in [0.1, 0.15) is 21.0 Å². The molecule has 0 fully saturated rings. The van der Waals surface area contributed by atoms with Gasteiger partial charge in [-0.3, -0.25) is 0 Å². The molecule has 0 aliphatic rings. The molecule has 0 amide bonds. The van der Waals surface area contributed by atoms with Crippen LogP contribution < -0.4 is 0 Å². The monoisotopic (exact) mass is 352 g/mol. The van der Waals surface area contributed by atoms with E-state index in [4.69, 9.17) is 9.47 Å². The molecule has 8 nitrogen and oxygen atoms in total. The quantitative estimate of drug-likeness (QED) is 0.422. The van der Waals surface area contributed by atoms with Gasteiger partial charge in [-0.1, -0.05) is 0 Å². The maximum absolute atomic E-state index is 11.8. The lowest BCUT2D eigenvalue weighted by atomic mass is 10.2. The molecule has 26 heavy (non-hydrogen) atoms. The average Bonchev–Trinajstić information content (AvgIpc) is 3.40. The van der Waals surface area contributed by atoms with Crippen molar-refractivity contribution in [2.75, 3.05) is 14.2 Å². The first-order valence-corrected chi connectivity index (χ1v) is 7.86. The lowest BCUT2D eigenvalue weighted by molar-refractivity contribution is 0.0587. The summed E-state index contributed by atoms with van der Waals surface area (Å²) in [6.45, 7) is 0. The fourth-order valence-electron chi connectivity index (χ4n) is 3.03. The first-order chi connectivity index (χ1) is 12.6. The summed E-state index contributed by atoms with van der Waals surface area (Å²) in [5.41, 5.74) is 5.47. The summed E-state index contributed by atoms with van der Waals surface area (Å²) in [4.78, 5) is 36.0. The van der Waals surface area contributed by atoms with Gasteiger partial charge in [0, 0.05) is 23.5 Å². The Morgan fingerprint density at radius 1 is 0.769 bits per heavy atom. The number of ether oxygens (including phenoxy) is 2. The highest BCUT2D eigenvalue weighted by Gasteiger charge is 2.19. The van der Waals surface area contributed by atoms with Crippen molar-refractivity contribution in [3.05, 3.63) is 48.0 Å². The average molecular weight is 352 g/mol. The van der Waals surface area contributed by atoms with Crippen molar-refractivity contribution in [2.45, 2.75) is 0 Å². The van der Waals surface area contributed by atoms with Gasteiger partial charge in [0.1, 0.15) is 11.4 Å². The number of aromatic amines is 4. The largest absolute Gasteiger partial charge is 0.464 e. The molecule has 4 aromatic heterocycles. The molecule has 0 saturated carbocycles. The first kappa shape index (κ1) is 15.8.